The van der Waals surface area contributed by atoms with Crippen molar-refractivity contribution in [2.45, 2.75) is 58.8 Å². The summed E-state index contributed by atoms with van der Waals surface area (Å²) in [7, 11) is 0. The fraction of sp³-hybridized carbons (Fsp3) is 0.692. The molecule has 0 aliphatic rings. The first-order valence-corrected chi connectivity index (χ1v) is 6.02. The van der Waals surface area contributed by atoms with Gasteiger partial charge >= 0.3 is 0 Å². The Labute approximate surface area is 98.0 Å². The maximum absolute atomic E-state index is 5.94. The molecule has 0 amide bonds. The zero-order valence-electron chi connectivity index (χ0n) is 10.7. The Morgan fingerprint density at radius 1 is 1.38 bits per heavy atom. The van der Waals surface area contributed by atoms with Crippen molar-refractivity contribution in [3.63, 3.8) is 0 Å². The van der Waals surface area contributed by atoms with Gasteiger partial charge in [-0.05, 0) is 39.3 Å². The summed E-state index contributed by atoms with van der Waals surface area (Å²) in [4.78, 5) is 0. The van der Waals surface area contributed by atoms with Gasteiger partial charge < -0.3 is 14.9 Å². The van der Waals surface area contributed by atoms with E-state index in [4.69, 9.17) is 14.9 Å². The first-order chi connectivity index (χ1) is 7.54. The van der Waals surface area contributed by atoms with Crippen LogP contribution < -0.4 is 5.73 Å². The molecule has 0 aliphatic carbocycles. The van der Waals surface area contributed by atoms with Gasteiger partial charge in [0.2, 0.25) is 0 Å². The quantitative estimate of drug-likeness (QED) is 0.809. The SMILES string of the molecule is CCCC(C)OC(c1ccc(C)o1)C(C)N. The lowest BCUT2D eigenvalue weighted by atomic mass is 10.1. The van der Waals surface area contributed by atoms with E-state index in [0.29, 0.717) is 0 Å². The van der Waals surface area contributed by atoms with Crippen molar-refractivity contribution in [2.24, 2.45) is 5.73 Å². The average molecular weight is 225 g/mol. The van der Waals surface area contributed by atoms with Crippen LogP contribution in [0, 0.1) is 6.92 Å². The maximum Gasteiger partial charge on any atom is 0.134 e. The lowest BCUT2D eigenvalue weighted by Crippen LogP contribution is -2.29. The smallest absolute Gasteiger partial charge is 0.134 e. The third kappa shape index (κ3) is 3.65. The Morgan fingerprint density at radius 2 is 2.06 bits per heavy atom. The Kier molecular flexibility index (Phi) is 5.03. The van der Waals surface area contributed by atoms with Gasteiger partial charge in [0.15, 0.2) is 0 Å². The molecule has 3 nitrogen and oxygen atoms in total. The number of ether oxygens (including phenoxy) is 1. The van der Waals surface area contributed by atoms with Crippen LogP contribution in [0.5, 0.6) is 0 Å². The van der Waals surface area contributed by atoms with Gasteiger partial charge in [-0.3, -0.25) is 0 Å². The van der Waals surface area contributed by atoms with Crippen LogP contribution in [-0.4, -0.2) is 12.1 Å². The van der Waals surface area contributed by atoms with Crippen molar-refractivity contribution < 1.29 is 9.15 Å². The number of furan rings is 1. The molecule has 0 saturated carbocycles. The Balaban J connectivity index is 2.68. The summed E-state index contributed by atoms with van der Waals surface area (Å²) in [5.41, 5.74) is 5.94. The van der Waals surface area contributed by atoms with Crippen molar-refractivity contribution in [3.8, 4) is 0 Å². The molecular weight excluding hydrogens is 202 g/mol. The Morgan fingerprint density at radius 3 is 2.50 bits per heavy atom. The molecule has 16 heavy (non-hydrogen) atoms. The lowest BCUT2D eigenvalue weighted by Gasteiger charge is -2.23. The van der Waals surface area contributed by atoms with Gasteiger partial charge in [-0.25, -0.2) is 0 Å². The Hall–Kier alpha value is -0.800. The normalized spacial score (nSPS) is 17.1. The van der Waals surface area contributed by atoms with Crippen LogP contribution in [0.2, 0.25) is 0 Å². The first kappa shape index (κ1) is 13.3. The van der Waals surface area contributed by atoms with Crippen LogP contribution in [0.4, 0.5) is 0 Å². The lowest BCUT2D eigenvalue weighted by molar-refractivity contribution is -0.0298. The minimum Gasteiger partial charge on any atom is -0.464 e. The summed E-state index contributed by atoms with van der Waals surface area (Å²) >= 11 is 0. The monoisotopic (exact) mass is 225 g/mol. The molecule has 2 N–H and O–H groups in total. The van der Waals surface area contributed by atoms with E-state index in [-0.39, 0.29) is 18.2 Å². The van der Waals surface area contributed by atoms with E-state index in [0.717, 1.165) is 24.4 Å². The van der Waals surface area contributed by atoms with Gasteiger partial charge in [0.05, 0.1) is 6.10 Å². The topological polar surface area (TPSA) is 48.4 Å². The molecule has 0 spiro atoms. The predicted octanol–water partition coefficient (Wildman–Crippen LogP) is 3.18. The van der Waals surface area contributed by atoms with E-state index in [1.54, 1.807) is 0 Å². The zero-order valence-corrected chi connectivity index (χ0v) is 10.7. The molecule has 0 bridgehead atoms. The summed E-state index contributed by atoms with van der Waals surface area (Å²) in [6.45, 7) is 8.10. The van der Waals surface area contributed by atoms with Crippen LogP contribution in [0.15, 0.2) is 16.5 Å². The van der Waals surface area contributed by atoms with Crippen molar-refractivity contribution in [2.75, 3.05) is 0 Å². The highest BCUT2D eigenvalue weighted by atomic mass is 16.5. The van der Waals surface area contributed by atoms with Gasteiger partial charge in [-0.1, -0.05) is 13.3 Å². The number of nitrogens with two attached hydrogens (primary N) is 1. The molecule has 0 saturated heterocycles. The minimum atomic E-state index is -0.143. The van der Waals surface area contributed by atoms with Crippen molar-refractivity contribution in [3.05, 3.63) is 23.7 Å². The molecule has 3 heteroatoms. The molecule has 3 unspecified atom stereocenters. The van der Waals surface area contributed by atoms with Crippen LogP contribution in [-0.2, 0) is 4.74 Å². The van der Waals surface area contributed by atoms with E-state index >= 15 is 0 Å². The predicted molar refractivity (Wildman–Crippen MR) is 65.3 cm³/mol. The summed E-state index contributed by atoms with van der Waals surface area (Å²) in [6, 6.07) is 3.82. The number of aryl methyl sites for hydroxylation is 1. The highest BCUT2D eigenvalue weighted by Crippen LogP contribution is 2.25. The highest BCUT2D eigenvalue weighted by molar-refractivity contribution is 5.09. The second kappa shape index (κ2) is 6.06. The molecule has 0 aliphatic heterocycles. The number of hydrogen-bond donors (Lipinski definition) is 1. The highest BCUT2D eigenvalue weighted by Gasteiger charge is 2.22. The molecular formula is C13H23NO2. The summed E-state index contributed by atoms with van der Waals surface area (Å²) < 4.78 is 11.5. The summed E-state index contributed by atoms with van der Waals surface area (Å²) in [5.74, 6) is 1.72. The molecule has 0 aromatic carbocycles. The second-order valence-corrected chi connectivity index (χ2v) is 4.46. The van der Waals surface area contributed by atoms with Crippen molar-refractivity contribution in [1.82, 2.24) is 0 Å². The molecule has 1 rings (SSSR count). The van der Waals surface area contributed by atoms with Gasteiger partial charge in [0.1, 0.15) is 17.6 Å². The molecule has 1 aromatic heterocycles. The second-order valence-electron chi connectivity index (χ2n) is 4.46. The Bertz CT molecular complexity index is 307. The van der Waals surface area contributed by atoms with Gasteiger partial charge in [0, 0.05) is 6.04 Å². The summed E-state index contributed by atoms with van der Waals surface area (Å²) in [6.07, 6.45) is 2.23. The van der Waals surface area contributed by atoms with Crippen molar-refractivity contribution >= 4 is 0 Å². The van der Waals surface area contributed by atoms with Crippen LogP contribution in [0.25, 0.3) is 0 Å². The fourth-order valence-electron chi connectivity index (χ4n) is 1.78. The third-order valence-corrected chi connectivity index (χ3v) is 2.59. The number of rotatable bonds is 6. The maximum atomic E-state index is 5.94. The minimum absolute atomic E-state index is 0.0649. The standard InChI is InChI=1S/C13H23NO2/c1-5-6-9(2)16-13(11(4)14)12-8-7-10(3)15-12/h7-9,11,13H,5-6,14H2,1-4H3. The summed E-state index contributed by atoms with van der Waals surface area (Å²) in [5, 5.41) is 0. The van der Waals surface area contributed by atoms with Gasteiger partial charge in [-0.15, -0.1) is 0 Å². The molecule has 92 valence electrons. The van der Waals surface area contributed by atoms with Crippen molar-refractivity contribution in [1.29, 1.82) is 0 Å². The fourth-order valence-corrected chi connectivity index (χ4v) is 1.78. The van der Waals surface area contributed by atoms with Crippen LogP contribution >= 0.6 is 0 Å². The van der Waals surface area contributed by atoms with E-state index in [1.165, 1.54) is 0 Å². The van der Waals surface area contributed by atoms with E-state index in [2.05, 4.69) is 13.8 Å². The zero-order chi connectivity index (χ0) is 12.1. The molecule has 0 radical (unpaired) electrons. The average Bonchev–Trinajstić information content (AvgIpc) is 2.61. The van der Waals surface area contributed by atoms with Crippen LogP contribution in [0.1, 0.15) is 51.2 Å². The van der Waals surface area contributed by atoms with Gasteiger partial charge in [0.25, 0.3) is 0 Å². The molecule has 1 aromatic rings. The molecule has 1 heterocycles. The van der Waals surface area contributed by atoms with Gasteiger partial charge in [-0.2, -0.15) is 0 Å². The first-order valence-electron chi connectivity index (χ1n) is 6.02. The third-order valence-electron chi connectivity index (χ3n) is 2.59. The van der Waals surface area contributed by atoms with E-state index in [9.17, 15) is 0 Å². The van der Waals surface area contributed by atoms with E-state index in [1.807, 2.05) is 26.0 Å². The largest absolute Gasteiger partial charge is 0.464 e. The van der Waals surface area contributed by atoms with E-state index < -0.39 is 0 Å². The van der Waals surface area contributed by atoms with Crippen LogP contribution in [0.3, 0.4) is 0 Å². The molecule has 0 fully saturated rings. The number of hydrogen-bond acceptors (Lipinski definition) is 3. The molecule has 3 atom stereocenters.